The van der Waals surface area contributed by atoms with Crippen LogP contribution in [0.4, 0.5) is 4.39 Å². The molecule has 1 aliphatic heterocycles. The number of halogens is 1. The lowest BCUT2D eigenvalue weighted by Gasteiger charge is -2.32. The van der Waals surface area contributed by atoms with Gasteiger partial charge in [-0.15, -0.1) is 0 Å². The highest BCUT2D eigenvalue weighted by Crippen LogP contribution is 2.34. The maximum atomic E-state index is 13.6. The molecule has 0 bridgehead atoms. The van der Waals surface area contributed by atoms with Gasteiger partial charge < -0.3 is 4.42 Å². The van der Waals surface area contributed by atoms with Gasteiger partial charge >= 0.3 is 0 Å². The van der Waals surface area contributed by atoms with E-state index in [1.54, 1.807) is 18.4 Å². The molecule has 0 atom stereocenters. The zero-order valence-corrected chi connectivity index (χ0v) is 15.5. The standard InChI is InChI=1S/C22H24FN3O/c1-16(12-20-6-3-11-27-20)15-26-9-7-17(8-10-26)22-21(14-24-25-22)18-4-2-5-19(23)13-18/h2-6,11-14,17H,7-10,15H2,1H3,(H,24,25)/b16-12+. The summed E-state index contributed by atoms with van der Waals surface area (Å²) in [5.41, 5.74) is 4.33. The highest BCUT2D eigenvalue weighted by molar-refractivity contribution is 5.65. The normalized spacial score (nSPS) is 16.7. The van der Waals surface area contributed by atoms with E-state index in [9.17, 15) is 4.39 Å². The first kappa shape index (κ1) is 17.7. The molecule has 27 heavy (non-hydrogen) atoms. The van der Waals surface area contributed by atoms with E-state index in [0.717, 1.165) is 55.1 Å². The molecule has 1 saturated heterocycles. The van der Waals surface area contributed by atoms with Crippen molar-refractivity contribution in [1.82, 2.24) is 15.1 Å². The third-order valence-corrected chi connectivity index (χ3v) is 5.21. The minimum Gasteiger partial charge on any atom is -0.465 e. The lowest BCUT2D eigenvalue weighted by atomic mass is 9.89. The molecule has 1 N–H and O–H groups in total. The largest absolute Gasteiger partial charge is 0.465 e. The first-order valence-electron chi connectivity index (χ1n) is 9.41. The van der Waals surface area contributed by atoms with Crippen LogP contribution in [0.15, 0.2) is 58.8 Å². The number of piperidine rings is 1. The predicted molar refractivity (Wildman–Crippen MR) is 105 cm³/mol. The molecule has 140 valence electrons. The fraction of sp³-hybridized carbons (Fsp3) is 0.318. The number of furan rings is 1. The monoisotopic (exact) mass is 365 g/mol. The minimum absolute atomic E-state index is 0.215. The average molecular weight is 365 g/mol. The molecule has 1 aromatic carbocycles. The molecule has 0 aliphatic carbocycles. The van der Waals surface area contributed by atoms with E-state index in [1.807, 2.05) is 24.4 Å². The number of nitrogens with zero attached hydrogens (tertiary/aromatic N) is 2. The van der Waals surface area contributed by atoms with Crippen LogP contribution in [0.25, 0.3) is 17.2 Å². The van der Waals surface area contributed by atoms with Crippen LogP contribution in [-0.4, -0.2) is 34.7 Å². The van der Waals surface area contributed by atoms with Crippen LogP contribution >= 0.6 is 0 Å². The second-order valence-electron chi connectivity index (χ2n) is 7.26. The van der Waals surface area contributed by atoms with Gasteiger partial charge in [0.2, 0.25) is 0 Å². The van der Waals surface area contributed by atoms with Crippen LogP contribution in [0, 0.1) is 5.82 Å². The summed E-state index contributed by atoms with van der Waals surface area (Å²) in [6.45, 7) is 5.17. The van der Waals surface area contributed by atoms with Crippen molar-refractivity contribution in [3.05, 3.63) is 71.7 Å². The Morgan fingerprint density at radius 2 is 2.15 bits per heavy atom. The molecule has 3 aromatic rings. The number of aromatic nitrogens is 2. The van der Waals surface area contributed by atoms with Crippen LogP contribution in [0.2, 0.25) is 0 Å². The number of aromatic amines is 1. The van der Waals surface area contributed by atoms with Gasteiger partial charge in [0, 0.05) is 23.7 Å². The van der Waals surface area contributed by atoms with Crippen molar-refractivity contribution in [1.29, 1.82) is 0 Å². The summed E-state index contributed by atoms with van der Waals surface area (Å²) >= 11 is 0. The SMILES string of the molecule is C/C(=C\c1ccco1)CN1CCC(c2[nH]ncc2-c2cccc(F)c2)CC1. The Bertz CT molecular complexity index is 905. The number of rotatable bonds is 5. The molecular formula is C22H24FN3O. The topological polar surface area (TPSA) is 45.1 Å². The Balaban J connectivity index is 1.40. The average Bonchev–Trinajstić information content (AvgIpc) is 3.34. The molecule has 4 nitrogen and oxygen atoms in total. The van der Waals surface area contributed by atoms with E-state index in [4.69, 9.17) is 4.42 Å². The summed E-state index contributed by atoms with van der Waals surface area (Å²) in [6.07, 6.45) is 7.75. The zero-order chi connectivity index (χ0) is 18.6. The number of hydrogen-bond acceptors (Lipinski definition) is 3. The fourth-order valence-corrected chi connectivity index (χ4v) is 3.89. The number of benzene rings is 1. The molecule has 0 radical (unpaired) electrons. The number of hydrogen-bond donors (Lipinski definition) is 1. The molecule has 5 heteroatoms. The second kappa shape index (κ2) is 7.92. The zero-order valence-electron chi connectivity index (χ0n) is 15.5. The van der Waals surface area contributed by atoms with Crippen LogP contribution in [-0.2, 0) is 0 Å². The highest BCUT2D eigenvalue weighted by Gasteiger charge is 2.24. The molecule has 2 aromatic heterocycles. The van der Waals surface area contributed by atoms with Crippen LogP contribution < -0.4 is 0 Å². The van der Waals surface area contributed by atoms with Crippen molar-refractivity contribution in [2.45, 2.75) is 25.7 Å². The molecule has 0 amide bonds. The predicted octanol–water partition coefficient (Wildman–Crippen LogP) is 5.09. The third kappa shape index (κ3) is 4.19. The van der Waals surface area contributed by atoms with E-state index in [-0.39, 0.29) is 5.82 Å². The van der Waals surface area contributed by atoms with Crippen molar-refractivity contribution in [3.8, 4) is 11.1 Å². The summed E-state index contributed by atoms with van der Waals surface area (Å²) in [7, 11) is 0. The molecule has 0 spiro atoms. The molecule has 4 rings (SSSR count). The number of nitrogens with one attached hydrogen (secondary N) is 1. The molecule has 1 fully saturated rings. The van der Waals surface area contributed by atoms with Gasteiger partial charge in [0.15, 0.2) is 0 Å². The van der Waals surface area contributed by atoms with Gasteiger partial charge in [-0.3, -0.25) is 10.00 Å². The molecule has 0 saturated carbocycles. The van der Waals surface area contributed by atoms with E-state index >= 15 is 0 Å². The van der Waals surface area contributed by atoms with Gasteiger partial charge in [-0.2, -0.15) is 5.10 Å². The van der Waals surface area contributed by atoms with Crippen molar-refractivity contribution in [2.75, 3.05) is 19.6 Å². The van der Waals surface area contributed by atoms with Crippen LogP contribution in [0.3, 0.4) is 0 Å². The van der Waals surface area contributed by atoms with Crippen LogP contribution in [0.5, 0.6) is 0 Å². The molecule has 0 unspecified atom stereocenters. The van der Waals surface area contributed by atoms with E-state index in [2.05, 4.69) is 28.1 Å². The Morgan fingerprint density at radius 3 is 2.89 bits per heavy atom. The summed E-state index contributed by atoms with van der Waals surface area (Å²) in [6, 6.07) is 10.6. The summed E-state index contributed by atoms with van der Waals surface area (Å²) in [5.74, 6) is 1.12. The lowest BCUT2D eigenvalue weighted by molar-refractivity contribution is 0.227. The molecular weight excluding hydrogens is 341 g/mol. The van der Waals surface area contributed by atoms with Gasteiger partial charge in [0.05, 0.1) is 12.5 Å². The summed E-state index contributed by atoms with van der Waals surface area (Å²) in [5, 5.41) is 7.40. The van der Waals surface area contributed by atoms with Gasteiger partial charge in [0.1, 0.15) is 11.6 Å². The number of H-pyrrole nitrogens is 1. The second-order valence-corrected chi connectivity index (χ2v) is 7.26. The smallest absolute Gasteiger partial charge is 0.126 e. The Hall–Kier alpha value is -2.66. The summed E-state index contributed by atoms with van der Waals surface area (Å²) < 4.78 is 19.0. The third-order valence-electron chi connectivity index (χ3n) is 5.21. The van der Waals surface area contributed by atoms with Crippen LogP contribution in [0.1, 0.15) is 37.1 Å². The lowest BCUT2D eigenvalue weighted by Crippen LogP contribution is -2.34. The van der Waals surface area contributed by atoms with Gasteiger partial charge in [0.25, 0.3) is 0 Å². The maximum absolute atomic E-state index is 13.6. The van der Waals surface area contributed by atoms with Gasteiger partial charge in [-0.1, -0.05) is 17.7 Å². The Labute approximate surface area is 158 Å². The fourth-order valence-electron chi connectivity index (χ4n) is 3.89. The highest BCUT2D eigenvalue weighted by atomic mass is 19.1. The Morgan fingerprint density at radius 1 is 1.30 bits per heavy atom. The molecule has 3 heterocycles. The first-order valence-corrected chi connectivity index (χ1v) is 9.41. The van der Waals surface area contributed by atoms with Crippen molar-refractivity contribution in [2.24, 2.45) is 0 Å². The van der Waals surface area contributed by atoms with E-state index < -0.39 is 0 Å². The first-order chi connectivity index (χ1) is 13.2. The van der Waals surface area contributed by atoms with Gasteiger partial charge in [-0.05, 0) is 68.8 Å². The quantitative estimate of drug-likeness (QED) is 0.685. The summed E-state index contributed by atoms with van der Waals surface area (Å²) in [4.78, 5) is 2.48. The Kier molecular flexibility index (Phi) is 5.21. The molecule has 1 aliphatic rings. The number of likely N-dealkylation sites (tertiary alicyclic amines) is 1. The minimum atomic E-state index is -0.215. The van der Waals surface area contributed by atoms with Crippen molar-refractivity contribution in [3.63, 3.8) is 0 Å². The van der Waals surface area contributed by atoms with Gasteiger partial charge in [-0.25, -0.2) is 4.39 Å². The maximum Gasteiger partial charge on any atom is 0.126 e. The van der Waals surface area contributed by atoms with E-state index in [1.165, 1.54) is 11.6 Å². The van der Waals surface area contributed by atoms with Crippen molar-refractivity contribution < 1.29 is 8.81 Å². The van der Waals surface area contributed by atoms with Crippen molar-refractivity contribution >= 4 is 6.08 Å². The van der Waals surface area contributed by atoms with E-state index in [0.29, 0.717) is 5.92 Å².